The normalized spacial score (nSPS) is 16.8. The molecule has 0 spiro atoms. The molecule has 1 atom stereocenters. The van der Waals surface area contributed by atoms with Crippen LogP contribution in [0.4, 0.5) is 0 Å². The number of fused-ring (bicyclic) bond motifs is 1. The van der Waals surface area contributed by atoms with Crippen LogP contribution in [0.25, 0.3) is 0 Å². The summed E-state index contributed by atoms with van der Waals surface area (Å²) in [6.07, 6.45) is 0.898. The average molecular weight is 328 g/mol. The minimum Gasteiger partial charge on any atom is -0.343 e. The third-order valence-corrected chi connectivity index (χ3v) is 5.27. The van der Waals surface area contributed by atoms with Crippen molar-refractivity contribution in [1.29, 1.82) is 0 Å². The van der Waals surface area contributed by atoms with E-state index in [0.717, 1.165) is 12.0 Å². The van der Waals surface area contributed by atoms with Crippen molar-refractivity contribution in [2.75, 3.05) is 13.1 Å². The predicted octanol–water partition coefficient (Wildman–Crippen LogP) is 2.93. The van der Waals surface area contributed by atoms with Gasteiger partial charge in [0.1, 0.15) is 0 Å². The maximum atomic E-state index is 12.5. The number of hydrogen-bond donors (Lipinski definition) is 1. The summed E-state index contributed by atoms with van der Waals surface area (Å²) < 4.78 is 0. The van der Waals surface area contributed by atoms with Crippen LogP contribution in [0.5, 0.6) is 0 Å². The van der Waals surface area contributed by atoms with Crippen molar-refractivity contribution in [2.45, 2.75) is 26.3 Å². The van der Waals surface area contributed by atoms with Crippen LogP contribution in [0.2, 0.25) is 0 Å². The first-order valence-electron chi connectivity index (χ1n) is 7.77. The highest BCUT2D eigenvalue weighted by molar-refractivity contribution is 7.10. The van der Waals surface area contributed by atoms with Gasteiger partial charge in [-0.2, -0.15) is 0 Å². The Morgan fingerprint density at radius 3 is 2.96 bits per heavy atom. The van der Waals surface area contributed by atoms with Crippen molar-refractivity contribution in [3.05, 3.63) is 57.3 Å². The zero-order valence-corrected chi connectivity index (χ0v) is 14.2. The Hall–Kier alpha value is -2.14. The molecule has 1 aromatic heterocycles. The Morgan fingerprint density at radius 1 is 1.35 bits per heavy atom. The highest BCUT2D eigenvalue weighted by Gasteiger charge is 2.28. The molecule has 0 saturated heterocycles. The molecule has 0 saturated carbocycles. The molecule has 23 heavy (non-hydrogen) atoms. The van der Waals surface area contributed by atoms with Crippen molar-refractivity contribution in [1.82, 2.24) is 10.2 Å². The lowest BCUT2D eigenvalue weighted by atomic mass is 10.0. The molecular formula is C18H20N2O2S. The van der Waals surface area contributed by atoms with E-state index in [2.05, 4.69) is 16.8 Å². The summed E-state index contributed by atoms with van der Waals surface area (Å²) in [5.74, 6) is -0.238. The molecule has 0 aliphatic carbocycles. The third kappa shape index (κ3) is 3.29. The summed E-state index contributed by atoms with van der Waals surface area (Å²) in [7, 11) is 0. The van der Waals surface area contributed by atoms with E-state index in [-0.39, 0.29) is 24.4 Å². The third-order valence-electron chi connectivity index (χ3n) is 4.28. The van der Waals surface area contributed by atoms with E-state index >= 15 is 0 Å². The molecule has 4 nitrogen and oxygen atoms in total. The van der Waals surface area contributed by atoms with Gasteiger partial charge in [-0.15, -0.1) is 11.3 Å². The molecule has 120 valence electrons. The maximum Gasteiger partial charge on any atom is 0.251 e. The van der Waals surface area contributed by atoms with Crippen LogP contribution < -0.4 is 5.32 Å². The molecule has 1 aliphatic rings. The highest BCUT2D eigenvalue weighted by Crippen LogP contribution is 2.32. The molecule has 5 heteroatoms. The van der Waals surface area contributed by atoms with Crippen LogP contribution in [-0.4, -0.2) is 29.8 Å². The van der Waals surface area contributed by atoms with E-state index < -0.39 is 0 Å². The van der Waals surface area contributed by atoms with Crippen LogP contribution in [0.1, 0.15) is 39.3 Å². The number of hydrogen-bond acceptors (Lipinski definition) is 3. The van der Waals surface area contributed by atoms with Crippen LogP contribution in [0, 0.1) is 6.92 Å². The van der Waals surface area contributed by atoms with Gasteiger partial charge >= 0.3 is 0 Å². The average Bonchev–Trinajstić information content (AvgIpc) is 3.02. The van der Waals surface area contributed by atoms with Gasteiger partial charge in [0.15, 0.2) is 0 Å². The second-order valence-corrected chi connectivity index (χ2v) is 6.87. The fraction of sp³-hybridized carbons (Fsp3) is 0.333. The van der Waals surface area contributed by atoms with Gasteiger partial charge in [0.05, 0.1) is 12.6 Å². The summed E-state index contributed by atoms with van der Waals surface area (Å²) in [4.78, 5) is 27.8. The molecule has 0 radical (unpaired) electrons. The number of carbonyl (C=O) groups excluding carboxylic acids is 2. The fourth-order valence-corrected chi connectivity index (χ4v) is 3.96. The zero-order valence-electron chi connectivity index (χ0n) is 13.3. The molecule has 3 rings (SSSR count). The number of aryl methyl sites for hydroxylation is 1. The van der Waals surface area contributed by atoms with E-state index in [1.54, 1.807) is 17.4 Å². The summed E-state index contributed by atoms with van der Waals surface area (Å²) in [6.45, 7) is 4.74. The van der Waals surface area contributed by atoms with Crippen molar-refractivity contribution >= 4 is 23.2 Å². The van der Waals surface area contributed by atoms with Gasteiger partial charge in [0, 0.05) is 17.0 Å². The Labute approximate surface area is 140 Å². The molecule has 0 unspecified atom stereocenters. The van der Waals surface area contributed by atoms with Crippen LogP contribution in [0.15, 0.2) is 35.7 Å². The van der Waals surface area contributed by atoms with E-state index in [1.807, 2.05) is 36.9 Å². The minimum absolute atomic E-state index is 0.0321. The molecule has 0 bridgehead atoms. The summed E-state index contributed by atoms with van der Waals surface area (Å²) in [5, 5.41) is 4.81. The van der Waals surface area contributed by atoms with Gasteiger partial charge in [0.25, 0.3) is 5.91 Å². The fourth-order valence-electron chi connectivity index (χ4n) is 3.00. The first-order valence-corrected chi connectivity index (χ1v) is 8.65. The lowest BCUT2D eigenvalue weighted by Crippen LogP contribution is -2.44. The van der Waals surface area contributed by atoms with E-state index in [9.17, 15) is 9.59 Å². The smallest absolute Gasteiger partial charge is 0.251 e. The number of nitrogens with zero attached hydrogens (tertiary/aromatic N) is 1. The topological polar surface area (TPSA) is 49.4 Å². The zero-order chi connectivity index (χ0) is 16.4. The van der Waals surface area contributed by atoms with Crippen molar-refractivity contribution < 1.29 is 9.59 Å². The molecule has 0 fully saturated rings. The molecular weight excluding hydrogens is 308 g/mol. The van der Waals surface area contributed by atoms with Gasteiger partial charge in [-0.1, -0.05) is 17.7 Å². The lowest BCUT2D eigenvalue weighted by Gasteiger charge is -2.33. The number of benzene rings is 1. The summed E-state index contributed by atoms with van der Waals surface area (Å²) >= 11 is 1.75. The van der Waals surface area contributed by atoms with Gasteiger partial charge in [-0.25, -0.2) is 0 Å². The Morgan fingerprint density at radius 2 is 2.17 bits per heavy atom. The molecule has 2 aromatic rings. The van der Waals surface area contributed by atoms with Gasteiger partial charge in [-0.05, 0) is 49.4 Å². The highest BCUT2D eigenvalue weighted by atomic mass is 32.1. The standard InChI is InChI=1S/C18H20N2O2S/c1-12-4-3-5-14(10-12)18(22)19-11-17(21)20-8-6-16-15(13(20)2)7-9-23-16/h3-5,7,9-10,13H,6,8,11H2,1-2H3,(H,19,22)/t13-/m0/s1. The number of amides is 2. The number of nitrogens with one attached hydrogen (secondary N) is 1. The SMILES string of the molecule is Cc1cccc(C(=O)NCC(=O)N2CCc3sccc3[C@@H]2C)c1. The summed E-state index contributed by atoms with van der Waals surface area (Å²) in [6, 6.07) is 9.53. The van der Waals surface area contributed by atoms with Crippen LogP contribution in [-0.2, 0) is 11.2 Å². The van der Waals surface area contributed by atoms with Crippen molar-refractivity contribution in [2.24, 2.45) is 0 Å². The predicted molar refractivity (Wildman–Crippen MR) is 91.7 cm³/mol. The monoisotopic (exact) mass is 328 g/mol. The number of carbonyl (C=O) groups is 2. The Bertz CT molecular complexity index is 738. The van der Waals surface area contributed by atoms with Crippen molar-refractivity contribution in [3.8, 4) is 0 Å². The molecule has 2 amide bonds. The molecule has 1 aromatic carbocycles. The van der Waals surface area contributed by atoms with Crippen LogP contribution >= 0.6 is 11.3 Å². The van der Waals surface area contributed by atoms with Crippen molar-refractivity contribution in [3.63, 3.8) is 0 Å². The second-order valence-electron chi connectivity index (χ2n) is 5.86. The van der Waals surface area contributed by atoms with Crippen LogP contribution in [0.3, 0.4) is 0 Å². The molecule has 1 N–H and O–H groups in total. The maximum absolute atomic E-state index is 12.5. The molecule has 2 heterocycles. The molecule has 1 aliphatic heterocycles. The number of rotatable bonds is 3. The first kappa shape index (κ1) is 15.7. The van der Waals surface area contributed by atoms with E-state index in [1.165, 1.54) is 10.4 Å². The van der Waals surface area contributed by atoms with Gasteiger partial charge in [0.2, 0.25) is 5.91 Å². The Kier molecular flexibility index (Phi) is 4.48. The van der Waals surface area contributed by atoms with Gasteiger partial charge in [-0.3, -0.25) is 9.59 Å². The minimum atomic E-state index is -0.206. The largest absolute Gasteiger partial charge is 0.343 e. The second kappa shape index (κ2) is 6.54. The number of thiophene rings is 1. The Balaban J connectivity index is 1.61. The lowest BCUT2D eigenvalue weighted by molar-refractivity contribution is -0.132. The first-order chi connectivity index (χ1) is 11.1. The quantitative estimate of drug-likeness (QED) is 0.942. The van der Waals surface area contributed by atoms with E-state index in [0.29, 0.717) is 12.1 Å². The van der Waals surface area contributed by atoms with Gasteiger partial charge < -0.3 is 10.2 Å². The van der Waals surface area contributed by atoms with E-state index in [4.69, 9.17) is 0 Å². The summed E-state index contributed by atoms with van der Waals surface area (Å²) in [5.41, 5.74) is 2.85.